The highest BCUT2D eigenvalue weighted by molar-refractivity contribution is 5.76. The standard InChI is InChI=1S/C24H28F2N4O2/c1-16-3-4-17(11-19(16)25)13-27-21-7-8-29(15-20(21)26)9-10-30-23-12-18(32-2)5-6-22(23)28-14-24(30)31/h3-6,11-12,14,20-21,27H,7-10,13,15H2,1-2H3/t20-,21+/m1/s1. The van der Waals surface area contributed by atoms with E-state index in [9.17, 15) is 13.6 Å². The average molecular weight is 443 g/mol. The van der Waals surface area contributed by atoms with E-state index >= 15 is 0 Å². The number of piperidine rings is 1. The van der Waals surface area contributed by atoms with Crippen LogP contribution in [0.25, 0.3) is 11.0 Å². The highest BCUT2D eigenvalue weighted by atomic mass is 19.1. The third-order valence-corrected chi connectivity index (χ3v) is 6.12. The van der Waals surface area contributed by atoms with Crippen molar-refractivity contribution in [3.8, 4) is 5.75 Å². The molecule has 0 aliphatic carbocycles. The summed E-state index contributed by atoms with van der Waals surface area (Å²) in [4.78, 5) is 18.6. The molecular formula is C24H28F2N4O2. The van der Waals surface area contributed by atoms with Crippen LogP contribution in [0.5, 0.6) is 5.75 Å². The smallest absolute Gasteiger partial charge is 0.269 e. The Kier molecular flexibility index (Phi) is 6.81. The maximum absolute atomic E-state index is 14.8. The van der Waals surface area contributed by atoms with Crippen LogP contribution < -0.4 is 15.6 Å². The quantitative estimate of drug-likeness (QED) is 0.610. The highest BCUT2D eigenvalue weighted by Crippen LogP contribution is 2.19. The van der Waals surface area contributed by atoms with Gasteiger partial charge in [0.25, 0.3) is 5.56 Å². The number of aryl methyl sites for hydroxylation is 1. The van der Waals surface area contributed by atoms with Crippen LogP contribution in [0.4, 0.5) is 8.78 Å². The van der Waals surface area contributed by atoms with Crippen LogP contribution in [-0.2, 0) is 13.1 Å². The Bertz CT molecular complexity index is 1150. The molecule has 1 aliphatic rings. The van der Waals surface area contributed by atoms with Crippen molar-refractivity contribution in [1.29, 1.82) is 0 Å². The molecule has 1 saturated heterocycles. The van der Waals surface area contributed by atoms with Gasteiger partial charge in [-0.15, -0.1) is 0 Å². The first-order chi connectivity index (χ1) is 15.4. The molecule has 0 radical (unpaired) electrons. The first kappa shape index (κ1) is 22.4. The van der Waals surface area contributed by atoms with Gasteiger partial charge in [0.05, 0.1) is 24.3 Å². The van der Waals surface area contributed by atoms with Gasteiger partial charge in [-0.05, 0) is 49.2 Å². The molecule has 3 aromatic rings. The predicted molar refractivity (Wildman–Crippen MR) is 120 cm³/mol. The second-order valence-corrected chi connectivity index (χ2v) is 8.28. The molecule has 2 heterocycles. The lowest BCUT2D eigenvalue weighted by Gasteiger charge is -2.35. The van der Waals surface area contributed by atoms with Gasteiger partial charge >= 0.3 is 0 Å². The van der Waals surface area contributed by atoms with Gasteiger partial charge in [0, 0.05) is 38.3 Å². The fourth-order valence-corrected chi connectivity index (χ4v) is 4.14. The molecule has 0 bridgehead atoms. The molecule has 1 aromatic heterocycles. The minimum absolute atomic E-state index is 0.190. The number of hydrogen-bond donors (Lipinski definition) is 1. The van der Waals surface area contributed by atoms with Gasteiger partial charge in [-0.3, -0.25) is 9.69 Å². The number of benzene rings is 2. The Morgan fingerprint density at radius 2 is 2.06 bits per heavy atom. The molecule has 1 N–H and O–H groups in total. The molecule has 1 fully saturated rings. The van der Waals surface area contributed by atoms with Crippen LogP contribution in [0.2, 0.25) is 0 Å². The Hall–Kier alpha value is -2.84. The Morgan fingerprint density at radius 1 is 1.22 bits per heavy atom. The third-order valence-electron chi connectivity index (χ3n) is 6.12. The number of ether oxygens (including phenoxy) is 1. The molecule has 32 heavy (non-hydrogen) atoms. The van der Waals surface area contributed by atoms with Crippen molar-refractivity contribution in [2.24, 2.45) is 0 Å². The van der Waals surface area contributed by atoms with E-state index in [0.29, 0.717) is 54.9 Å². The zero-order chi connectivity index (χ0) is 22.7. The molecule has 0 amide bonds. The molecule has 2 atom stereocenters. The second kappa shape index (κ2) is 9.75. The summed E-state index contributed by atoms with van der Waals surface area (Å²) in [5.74, 6) is 0.412. The van der Waals surface area contributed by atoms with Gasteiger partial charge in [-0.2, -0.15) is 0 Å². The van der Waals surface area contributed by atoms with Crippen LogP contribution in [0.1, 0.15) is 17.5 Å². The maximum Gasteiger partial charge on any atom is 0.269 e. The van der Waals surface area contributed by atoms with Gasteiger partial charge in [0.15, 0.2) is 0 Å². The van der Waals surface area contributed by atoms with Gasteiger partial charge in [-0.1, -0.05) is 12.1 Å². The Morgan fingerprint density at radius 3 is 2.81 bits per heavy atom. The number of aromatic nitrogens is 2. The molecule has 0 saturated carbocycles. The fourth-order valence-electron chi connectivity index (χ4n) is 4.14. The van der Waals surface area contributed by atoms with Crippen molar-refractivity contribution in [3.63, 3.8) is 0 Å². The number of rotatable bonds is 7. The normalized spacial score (nSPS) is 19.4. The first-order valence-electron chi connectivity index (χ1n) is 10.8. The van der Waals surface area contributed by atoms with Crippen LogP contribution >= 0.6 is 0 Å². The molecular weight excluding hydrogens is 414 g/mol. The second-order valence-electron chi connectivity index (χ2n) is 8.28. The summed E-state index contributed by atoms with van der Waals surface area (Å²) >= 11 is 0. The number of nitrogens with zero attached hydrogens (tertiary/aromatic N) is 3. The predicted octanol–water partition coefficient (Wildman–Crippen LogP) is 3.05. The number of likely N-dealkylation sites (tertiary alicyclic amines) is 1. The lowest BCUT2D eigenvalue weighted by molar-refractivity contribution is 0.100. The molecule has 2 aromatic carbocycles. The summed E-state index contributed by atoms with van der Waals surface area (Å²) in [5.41, 5.74) is 2.64. The Labute approximate surface area is 185 Å². The van der Waals surface area contributed by atoms with Crippen molar-refractivity contribution in [2.75, 3.05) is 26.7 Å². The minimum atomic E-state index is -1.04. The molecule has 0 unspecified atom stereocenters. The average Bonchev–Trinajstić information content (AvgIpc) is 2.79. The monoisotopic (exact) mass is 442 g/mol. The summed E-state index contributed by atoms with van der Waals surface area (Å²) in [6.07, 6.45) is 0.927. The minimum Gasteiger partial charge on any atom is -0.497 e. The number of hydrogen-bond acceptors (Lipinski definition) is 5. The van der Waals surface area contributed by atoms with Gasteiger partial charge in [-0.25, -0.2) is 13.8 Å². The largest absolute Gasteiger partial charge is 0.497 e. The van der Waals surface area contributed by atoms with E-state index in [2.05, 4.69) is 10.3 Å². The number of methoxy groups -OCH3 is 1. The molecule has 6 nitrogen and oxygen atoms in total. The number of halogens is 2. The van der Waals surface area contributed by atoms with Crippen LogP contribution in [0.15, 0.2) is 47.4 Å². The number of nitrogens with one attached hydrogen (secondary N) is 1. The molecule has 8 heteroatoms. The number of alkyl halides is 1. The van der Waals surface area contributed by atoms with E-state index in [4.69, 9.17) is 4.74 Å². The van der Waals surface area contributed by atoms with Crippen molar-refractivity contribution >= 4 is 11.0 Å². The first-order valence-corrected chi connectivity index (χ1v) is 10.8. The van der Waals surface area contributed by atoms with E-state index in [0.717, 1.165) is 12.1 Å². The number of fused-ring (bicyclic) bond motifs is 1. The van der Waals surface area contributed by atoms with Crippen molar-refractivity contribution in [2.45, 2.75) is 38.6 Å². The lowest BCUT2D eigenvalue weighted by Crippen LogP contribution is -2.51. The summed E-state index contributed by atoms with van der Waals surface area (Å²) in [6.45, 7) is 4.18. The van der Waals surface area contributed by atoms with E-state index in [1.807, 2.05) is 17.0 Å². The summed E-state index contributed by atoms with van der Waals surface area (Å²) in [6, 6.07) is 10.2. The van der Waals surface area contributed by atoms with E-state index < -0.39 is 6.17 Å². The zero-order valence-electron chi connectivity index (χ0n) is 18.4. The van der Waals surface area contributed by atoms with Crippen LogP contribution in [-0.4, -0.2) is 53.4 Å². The van der Waals surface area contributed by atoms with Crippen molar-refractivity contribution < 1.29 is 13.5 Å². The third kappa shape index (κ3) is 4.97. The lowest BCUT2D eigenvalue weighted by atomic mass is 10.0. The van der Waals surface area contributed by atoms with E-state index in [-0.39, 0.29) is 17.4 Å². The molecule has 0 spiro atoms. The maximum atomic E-state index is 14.8. The van der Waals surface area contributed by atoms with Crippen molar-refractivity contribution in [1.82, 2.24) is 19.8 Å². The van der Waals surface area contributed by atoms with Crippen LogP contribution in [0.3, 0.4) is 0 Å². The topological polar surface area (TPSA) is 59.4 Å². The summed E-state index contributed by atoms with van der Waals surface area (Å²) < 4.78 is 35.5. The van der Waals surface area contributed by atoms with E-state index in [1.54, 1.807) is 36.8 Å². The molecule has 1 aliphatic heterocycles. The zero-order valence-corrected chi connectivity index (χ0v) is 18.4. The summed E-state index contributed by atoms with van der Waals surface area (Å²) in [7, 11) is 1.58. The molecule has 4 rings (SSSR count). The van der Waals surface area contributed by atoms with Crippen LogP contribution in [0, 0.1) is 12.7 Å². The van der Waals surface area contributed by atoms with Gasteiger partial charge in [0.2, 0.25) is 0 Å². The van der Waals surface area contributed by atoms with E-state index in [1.165, 1.54) is 12.3 Å². The fraction of sp³-hybridized carbons (Fsp3) is 0.417. The van der Waals surface area contributed by atoms with Gasteiger partial charge in [0.1, 0.15) is 17.7 Å². The highest BCUT2D eigenvalue weighted by Gasteiger charge is 2.28. The SMILES string of the molecule is COc1ccc2ncc(=O)n(CCN3CC[C@H](NCc4ccc(C)c(F)c4)[C@H](F)C3)c2c1. The Balaban J connectivity index is 1.35. The molecule has 170 valence electrons. The van der Waals surface area contributed by atoms with Gasteiger partial charge < -0.3 is 14.6 Å². The summed E-state index contributed by atoms with van der Waals surface area (Å²) in [5, 5.41) is 3.23. The van der Waals surface area contributed by atoms with Crippen molar-refractivity contribution in [3.05, 3.63) is 69.9 Å².